The quantitative estimate of drug-likeness (QED) is 0.591. The van der Waals surface area contributed by atoms with Gasteiger partial charge in [-0.1, -0.05) is 47.5 Å². The molecule has 0 atom stereocenters. The van der Waals surface area contributed by atoms with Gasteiger partial charge in [-0.3, -0.25) is 10.1 Å². The largest absolute Gasteiger partial charge is 0.288 e. The lowest BCUT2D eigenvalue weighted by Gasteiger charge is -2.04. The van der Waals surface area contributed by atoms with Gasteiger partial charge in [-0.15, -0.1) is 0 Å². The SMILES string of the molecule is O=[N+]([O-])c1cc(-c2ccccc2Cl)ccc1Cl. The van der Waals surface area contributed by atoms with Gasteiger partial charge in [0.25, 0.3) is 5.69 Å². The normalized spacial score (nSPS) is 10.2. The maximum atomic E-state index is 10.8. The van der Waals surface area contributed by atoms with Gasteiger partial charge >= 0.3 is 0 Å². The standard InChI is InChI=1S/C12H7Cl2NO2/c13-10-4-2-1-3-9(10)8-5-6-11(14)12(7-8)15(16)17/h1-7H. The molecule has 17 heavy (non-hydrogen) atoms. The molecule has 0 aromatic heterocycles. The fourth-order valence-electron chi connectivity index (χ4n) is 1.52. The van der Waals surface area contributed by atoms with Gasteiger partial charge in [0.1, 0.15) is 5.02 Å². The van der Waals surface area contributed by atoms with Crippen molar-refractivity contribution in [3.63, 3.8) is 0 Å². The number of nitrogens with zero attached hydrogens (tertiary/aromatic N) is 1. The van der Waals surface area contributed by atoms with Crippen LogP contribution in [0.1, 0.15) is 0 Å². The van der Waals surface area contributed by atoms with Crippen LogP contribution < -0.4 is 0 Å². The van der Waals surface area contributed by atoms with Crippen LogP contribution in [0.2, 0.25) is 10.0 Å². The van der Waals surface area contributed by atoms with Crippen molar-refractivity contribution in [2.24, 2.45) is 0 Å². The molecule has 0 bridgehead atoms. The molecule has 0 aliphatic rings. The number of benzene rings is 2. The molecule has 0 heterocycles. The molecule has 0 saturated heterocycles. The number of hydrogen-bond acceptors (Lipinski definition) is 2. The summed E-state index contributed by atoms with van der Waals surface area (Å²) >= 11 is 11.8. The molecule has 2 aromatic carbocycles. The zero-order valence-electron chi connectivity index (χ0n) is 8.56. The lowest BCUT2D eigenvalue weighted by Crippen LogP contribution is -1.90. The van der Waals surface area contributed by atoms with Crippen LogP contribution in [-0.4, -0.2) is 4.92 Å². The summed E-state index contributed by atoms with van der Waals surface area (Å²) in [5, 5.41) is 11.4. The molecule has 86 valence electrons. The van der Waals surface area contributed by atoms with Crippen LogP contribution in [0.5, 0.6) is 0 Å². The van der Waals surface area contributed by atoms with Crippen molar-refractivity contribution in [1.82, 2.24) is 0 Å². The Morgan fingerprint density at radius 2 is 1.71 bits per heavy atom. The molecule has 0 spiro atoms. The average molecular weight is 268 g/mol. The summed E-state index contributed by atoms with van der Waals surface area (Å²) in [4.78, 5) is 10.3. The number of nitro groups is 1. The second-order valence-corrected chi connectivity index (χ2v) is 4.22. The molecule has 0 unspecified atom stereocenters. The smallest absolute Gasteiger partial charge is 0.258 e. The van der Waals surface area contributed by atoms with E-state index in [4.69, 9.17) is 23.2 Å². The Bertz CT molecular complexity index is 584. The molecular formula is C12H7Cl2NO2. The Morgan fingerprint density at radius 1 is 1.00 bits per heavy atom. The molecule has 3 nitrogen and oxygen atoms in total. The van der Waals surface area contributed by atoms with Gasteiger partial charge < -0.3 is 0 Å². The first-order chi connectivity index (χ1) is 8.09. The van der Waals surface area contributed by atoms with E-state index < -0.39 is 4.92 Å². The molecule has 0 N–H and O–H groups in total. The van der Waals surface area contributed by atoms with E-state index >= 15 is 0 Å². The fourth-order valence-corrected chi connectivity index (χ4v) is 1.95. The van der Waals surface area contributed by atoms with Gasteiger partial charge in [-0.05, 0) is 17.7 Å². The molecule has 0 saturated carbocycles. The van der Waals surface area contributed by atoms with Crippen LogP contribution in [0.25, 0.3) is 11.1 Å². The molecule has 2 rings (SSSR count). The van der Waals surface area contributed by atoms with E-state index in [1.165, 1.54) is 12.1 Å². The van der Waals surface area contributed by atoms with E-state index in [2.05, 4.69) is 0 Å². The second kappa shape index (κ2) is 4.73. The van der Waals surface area contributed by atoms with E-state index in [1.54, 1.807) is 24.3 Å². The van der Waals surface area contributed by atoms with Gasteiger partial charge in [0, 0.05) is 16.7 Å². The first kappa shape index (κ1) is 11.9. The summed E-state index contributed by atoms with van der Waals surface area (Å²) in [6.45, 7) is 0. The van der Waals surface area contributed by atoms with Gasteiger partial charge in [-0.2, -0.15) is 0 Å². The Morgan fingerprint density at radius 3 is 2.35 bits per heavy atom. The molecule has 0 aliphatic carbocycles. The zero-order chi connectivity index (χ0) is 12.4. The third kappa shape index (κ3) is 2.40. The summed E-state index contributed by atoms with van der Waals surface area (Å²) < 4.78 is 0. The van der Waals surface area contributed by atoms with Crippen molar-refractivity contribution in [2.75, 3.05) is 0 Å². The topological polar surface area (TPSA) is 43.1 Å². The van der Waals surface area contributed by atoms with E-state index in [0.717, 1.165) is 5.56 Å². The summed E-state index contributed by atoms with van der Waals surface area (Å²) in [5.41, 5.74) is 1.30. The highest BCUT2D eigenvalue weighted by Gasteiger charge is 2.14. The van der Waals surface area contributed by atoms with Crippen molar-refractivity contribution in [3.8, 4) is 11.1 Å². The molecule has 0 amide bonds. The molecule has 0 fully saturated rings. The minimum absolute atomic E-state index is 0.116. The molecule has 0 radical (unpaired) electrons. The van der Waals surface area contributed by atoms with Gasteiger partial charge in [0.15, 0.2) is 0 Å². The molecular weight excluding hydrogens is 261 g/mol. The Kier molecular flexibility index (Phi) is 3.31. The summed E-state index contributed by atoms with van der Waals surface area (Å²) in [6, 6.07) is 11.8. The third-order valence-electron chi connectivity index (χ3n) is 2.33. The first-order valence-corrected chi connectivity index (χ1v) is 5.54. The summed E-state index contributed by atoms with van der Waals surface area (Å²) in [6.07, 6.45) is 0. The van der Waals surface area contributed by atoms with E-state index in [1.807, 2.05) is 6.07 Å². The van der Waals surface area contributed by atoms with Crippen molar-refractivity contribution in [3.05, 3.63) is 62.6 Å². The van der Waals surface area contributed by atoms with Crippen LogP contribution in [0, 0.1) is 10.1 Å². The predicted octanol–water partition coefficient (Wildman–Crippen LogP) is 4.57. The monoisotopic (exact) mass is 267 g/mol. The van der Waals surface area contributed by atoms with E-state index in [9.17, 15) is 10.1 Å². The van der Waals surface area contributed by atoms with Crippen molar-refractivity contribution >= 4 is 28.9 Å². The Labute approximate surface area is 108 Å². The average Bonchev–Trinajstić information content (AvgIpc) is 2.30. The molecule has 2 aromatic rings. The van der Waals surface area contributed by atoms with Crippen LogP contribution in [0.15, 0.2) is 42.5 Å². The number of halogens is 2. The predicted molar refractivity (Wildman–Crippen MR) is 68.6 cm³/mol. The highest BCUT2D eigenvalue weighted by atomic mass is 35.5. The summed E-state index contributed by atoms with van der Waals surface area (Å²) in [5.74, 6) is 0. The minimum Gasteiger partial charge on any atom is -0.258 e. The fraction of sp³-hybridized carbons (Fsp3) is 0. The maximum Gasteiger partial charge on any atom is 0.288 e. The van der Waals surface area contributed by atoms with Crippen LogP contribution in [0.3, 0.4) is 0 Å². The van der Waals surface area contributed by atoms with Gasteiger partial charge in [0.2, 0.25) is 0 Å². The summed E-state index contributed by atoms with van der Waals surface area (Å²) in [7, 11) is 0. The Balaban J connectivity index is 2.58. The molecule has 0 aliphatic heterocycles. The highest BCUT2D eigenvalue weighted by molar-refractivity contribution is 6.34. The number of hydrogen-bond donors (Lipinski definition) is 0. The van der Waals surface area contributed by atoms with Gasteiger partial charge in [-0.25, -0.2) is 0 Å². The van der Waals surface area contributed by atoms with Crippen molar-refractivity contribution < 1.29 is 4.92 Å². The van der Waals surface area contributed by atoms with Crippen molar-refractivity contribution in [2.45, 2.75) is 0 Å². The maximum absolute atomic E-state index is 10.8. The number of nitro benzene ring substituents is 1. The third-order valence-corrected chi connectivity index (χ3v) is 2.98. The molecule has 5 heteroatoms. The highest BCUT2D eigenvalue weighted by Crippen LogP contribution is 2.33. The zero-order valence-corrected chi connectivity index (χ0v) is 10.1. The lowest BCUT2D eigenvalue weighted by atomic mass is 10.1. The van der Waals surface area contributed by atoms with Crippen LogP contribution >= 0.6 is 23.2 Å². The van der Waals surface area contributed by atoms with Crippen molar-refractivity contribution in [1.29, 1.82) is 0 Å². The lowest BCUT2D eigenvalue weighted by molar-refractivity contribution is -0.384. The first-order valence-electron chi connectivity index (χ1n) is 4.78. The van der Waals surface area contributed by atoms with E-state index in [0.29, 0.717) is 10.6 Å². The van der Waals surface area contributed by atoms with Gasteiger partial charge in [0.05, 0.1) is 4.92 Å². The van der Waals surface area contributed by atoms with Crippen LogP contribution in [0.4, 0.5) is 5.69 Å². The second-order valence-electron chi connectivity index (χ2n) is 3.40. The minimum atomic E-state index is -0.511. The Hall–Kier alpha value is -1.58. The van der Waals surface area contributed by atoms with E-state index in [-0.39, 0.29) is 10.7 Å². The van der Waals surface area contributed by atoms with Crippen LogP contribution in [-0.2, 0) is 0 Å². The number of rotatable bonds is 2.